The summed E-state index contributed by atoms with van der Waals surface area (Å²) in [5.74, 6) is 0.0364. The topological polar surface area (TPSA) is 58.4 Å². The summed E-state index contributed by atoms with van der Waals surface area (Å²) in [6.45, 7) is 4.95. The largest absolute Gasteiger partial charge is 0.353 e. The number of amides is 1. The zero-order chi connectivity index (χ0) is 10.9. The van der Waals surface area contributed by atoms with Crippen LogP contribution in [0.3, 0.4) is 0 Å². The molecule has 17 heavy (non-hydrogen) atoms. The van der Waals surface area contributed by atoms with E-state index in [0.29, 0.717) is 0 Å². The lowest BCUT2D eigenvalue weighted by atomic mass is 10.3. The lowest BCUT2D eigenvalue weighted by molar-refractivity contribution is -0.123. The summed E-state index contributed by atoms with van der Waals surface area (Å²) in [4.78, 5) is 14.0. The van der Waals surface area contributed by atoms with Crippen LogP contribution in [0.4, 0.5) is 0 Å². The maximum Gasteiger partial charge on any atom is 0.240 e. The highest BCUT2D eigenvalue weighted by Gasteiger charge is 2.45. The molecular formula is C11H23Cl2N3O. The molecule has 0 aromatic heterocycles. The minimum Gasteiger partial charge on any atom is -0.353 e. The molecule has 2 aliphatic rings. The fourth-order valence-electron chi connectivity index (χ4n) is 1.89. The van der Waals surface area contributed by atoms with Gasteiger partial charge in [-0.1, -0.05) is 6.92 Å². The highest BCUT2D eigenvalue weighted by Crippen LogP contribution is 2.32. The predicted molar refractivity (Wildman–Crippen MR) is 73.9 cm³/mol. The number of halogens is 2. The second-order valence-corrected chi connectivity index (χ2v) is 4.77. The zero-order valence-electron chi connectivity index (χ0n) is 10.3. The first-order valence-corrected chi connectivity index (χ1v) is 5.97. The van der Waals surface area contributed by atoms with E-state index >= 15 is 0 Å². The van der Waals surface area contributed by atoms with Crippen molar-refractivity contribution in [3.05, 3.63) is 0 Å². The molecule has 0 radical (unpaired) electrons. The summed E-state index contributed by atoms with van der Waals surface area (Å²) < 4.78 is 0. The monoisotopic (exact) mass is 283 g/mol. The molecule has 0 aromatic rings. The first-order valence-electron chi connectivity index (χ1n) is 5.97. The molecule has 0 aromatic carbocycles. The van der Waals surface area contributed by atoms with Crippen molar-refractivity contribution in [2.75, 3.05) is 19.6 Å². The Balaban J connectivity index is 0.00000128. The number of hydrogen-bond acceptors (Lipinski definition) is 3. The Bertz CT molecular complexity index is 255. The maximum atomic E-state index is 11.5. The van der Waals surface area contributed by atoms with Gasteiger partial charge in [0.25, 0.3) is 0 Å². The van der Waals surface area contributed by atoms with Crippen LogP contribution in [0.25, 0.3) is 0 Å². The van der Waals surface area contributed by atoms with Crippen molar-refractivity contribution in [3.8, 4) is 0 Å². The van der Waals surface area contributed by atoms with E-state index in [1.54, 1.807) is 0 Å². The number of nitrogens with zero attached hydrogens (tertiary/aromatic N) is 1. The van der Waals surface area contributed by atoms with E-state index in [1.165, 1.54) is 12.8 Å². The molecule has 0 saturated heterocycles. The average molecular weight is 284 g/mol. The average Bonchev–Trinajstić information content (AvgIpc) is 3.07. The van der Waals surface area contributed by atoms with Gasteiger partial charge < -0.3 is 11.1 Å². The number of carbonyl (C=O) groups is 1. The van der Waals surface area contributed by atoms with Crippen molar-refractivity contribution in [2.45, 2.75) is 44.2 Å². The molecule has 102 valence electrons. The molecule has 4 nitrogen and oxygen atoms in total. The second-order valence-electron chi connectivity index (χ2n) is 4.77. The lowest BCUT2D eigenvalue weighted by Gasteiger charge is -2.20. The number of nitrogens with two attached hydrogens (primary N) is 1. The molecule has 0 heterocycles. The summed E-state index contributed by atoms with van der Waals surface area (Å²) in [5, 5.41) is 2.93. The third-order valence-electron chi connectivity index (χ3n) is 3.39. The molecular weight excluding hydrogens is 261 g/mol. The van der Waals surface area contributed by atoms with Gasteiger partial charge >= 0.3 is 0 Å². The number of nitrogens with one attached hydrogen (secondary N) is 1. The fraction of sp³-hybridized carbons (Fsp3) is 0.909. The Kier molecular flexibility index (Phi) is 6.77. The van der Waals surface area contributed by atoms with Gasteiger partial charge in [0.05, 0.1) is 5.54 Å². The van der Waals surface area contributed by atoms with Gasteiger partial charge in [-0.25, -0.2) is 0 Å². The highest BCUT2D eigenvalue weighted by atomic mass is 35.5. The Hall–Kier alpha value is -0.0300. The van der Waals surface area contributed by atoms with E-state index in [4.69, 9.17) is 5.73 Å². The molecule has 6 heteroatoms. The summed E-state index contributed by atoms with van der Waals surface area (Å²) in [6, 6.07) is 0.777. The van der Waals surface area contributed by atoms with Gasteiger partial charge in [0.2, 0.25) is 5.91 Å². The van der Waals surface area contributed by atoms with Crippen LogP contribution < -0.4 is 11.1 Å². The quantitative estimate of drug-likeness (QED) is 0.762. The van der Waals surface area contributed by atoms with Crippen LogP contribution >= 0.6 is 24.8 Å². The standard InChI is InChI=1S/C11H21N3O.2ClH/c1-2-14(9-3-4-9)8-7-13-10(15)11(12)5-6-11;;/h9H,2-8,12H2,1H3,(H,13,15);2*1H. The van der Waals surface area contributed by atoms with Crippen LogP contribution in [0, 0.1) is 0 Å². The molecule has 2 fully saturated rings. The molecule has 1 amide bonds. The molecule has 2 saturated carbocycles. The van der Waals surface area contributed by atoms with Crippen LogP contribution in [0.15, 0.2) is 0 Å². The van der Waals surface area contributed by atoms with Gasteiger partial charge in [0, 0.05) is 19.1 Å². The van der Waals surface area contributed by atoms with Crippen molar-refractivity contribution < 1.29 is 4.79 Å². The molecule has 0 aliphatic heterocycles. The molecule has 3 N–H and O–H groups in total. The number of likely N-dealkylation sites (N-methyl/N-ethyl adjacent to an activating group) is 1. The number of rotatable bonds is 6. The zero-order valence-corrected chi connectivity index (χ0v) is 11.9. The Morgan fingerprint density at radius 3 is 2.41 bits per heavy atom. The molecule has 2 rings (SSSR count). The minimum absolute atomic E-state index is 0. The Labute approximate surface area is 115 Å². The number of hydrogen-bond donors (Lipinski definition) is 2. The van der Waals surface area contributed by atoms with Crippen LogP contribution in [-0.2, 0) is 4.79 Å². The van der Waals surface area contributed by atoms with Gasteiger partial charge in [0.15, 0.2) is 0 Å². The Morgan fingerprint density at radius 1 is 1.41 bits per heavy atom. The van der Waals surface area contributed by atoms with Crippen molar-refractivity contribution >= 4 is 30.7 Å². The lowest BCUT2D eigenvalue weighted by Crippen LogP contribution is -2.45. The van der Waals surface area contributed by atoms with E-state index < -0.39 is 5.54 Å². The second kappa shape index (κ2) is 6.78. The predicted octanol–water partition coefficient (Wildman–Crippen LogP) is 0.922. The van der Waals surface area contributed by atoms with E-state index in [9.17, 15) is 4.79 Å². The van der Waals surface area contributed by atoms with Crippen molar-refractivity contribution in [3.63, 3.8) is 0 Å². The summed E-state index contributed by atoms with van der Waals surface area (Å²) in [5.41, 5.74) is 5.27. The Morgan fingerprint density at radius 2 is 2.00 bits per heavy atom. The van der Waals surface area contributed by atoms with E-state index in [1.807, 2.05) is 0 Å². The molecule has 2 aliphatic carbocycles. The van der Waals surface area contributed by atoms with Gasteiger partial charge in [-0.2, -0.15) is 0 Å². The van der Waals surface area contributed by atoms with Gasteiger partial charge in [-0.15, -0.1) is 24.8 Å². The fourth-order valence-corrected chi connectivity index (χ4v) is 1.89. The molecule has 0 atom stereocenters. The van der Waals surface area contributed by atoms with Crippen LogP contribution in [0.5, 0.6) is 0 Å². The normalized spacial score (nSPS) is 20.2. The van der Waals surface area contributed by atoms with Crippen LogP contribution in [0.1, 0.15) is 32.6 Å². The van der Waals surface area contributed by atoms with E-state index in [2.05, 4.69) is 17.1 Å². The highest BCUT2D eigenvalue weighted by molar-refractivity contribution is 5.88. The summed E-state index contributed by atoms with van der Waals surface area (Å²) >= 11 is 0. The van der Waals surface area contributed by atoms with Gasteiger partial charge in [-0.3, -0.25) is 9.69 Å². The molecule has 0 unspecified atom stereocenters. The van der Waals surface area contributed by atoms with E-state index in [-0.39, 0.29) is 30.7 Å². The van der Waals surface area contributed by atoms with Gasteiger partial charge in [0.1, 0.15) is 0 Å². The third kappa shape index (κ3) is 4.62. The maximum absolute atomic E-state index is 11.5. The first-order chi connectivity index (χ1) is 7.15. The van der Waals surface area contributed by atoms with Crippen LogP contribution in [-0.4, -0.2) is 42.0 Å². The first kappa shape index (κ1) is 17.0. The van der Waals surface area contributed by atoms with Crippen LogP contribution in [0.2, 0.25) is 0 Å². The molecule has 0 spiro atoms. The van der Waals surface area contributed by atoms with Crippen molar-refractivity contribution in [1.29, 1.82) is 0 Å². The van der Waals surface area contributed by atoms with Crippen molar-refractivity contribution in [1.82, 2.24) is 10.2 Å². The smallest absolute Gasteiger partial charge is 0.240 e. The molecule has 0 bridgehead atoms. The summed E-state index contributed by atoms with van der Waals surface area (Å²) in [7, 11) is 0. The van der Waals surface area contributed by atoms with Crippen molar-refractivity contribution in [2.24, 2.45) is 5.73 Å². The third-order valence-corrected chi connectivity index (χ3v) is 3.39. The number of carbonyl (C=O) groups excluding carboxylic acids is 1. The van der Waals surface area contributed by atoms with Gasteiger partial charge in [-0.05, 0) is 32.2 Å². The minimum atomic E-state index is -0.517. The SMILES string of the molecule is CCN(CCNC(=O)C1(N)CC1)C1CC1.Cl.Cl. The van der Waals surface area contributed by atoms with E-state index in [0.717, 1.165) is 38.5 Å². The summed E-state index contributed by atoms with van der Waals surface area (Å²) in [6.07, 6.45) is 4.34.